The number of rotatable bonds is 3. The van der Waals surface area contributed by atoms with Crippen molar-refractivity contribution in [1.29, 1.82) is 0 Å². The molecule has 3 aromatic rings. The molecule has 3 aromatic carbocycles. The molecule has 23 heavy (non-hydrogen) atoms. The van der Waals surface area contributed by atoms with Crippen molar-refractivity contribution in [3.8, 4) is 11.1 Å². The van der Waals surface area contributed by atoms with Gasteiger partial charge in [0, 0.05) is 6.21 Å². The third kappa shape index (κ3) is 4.92. The quantitative estimate of drug-likeness (QED) is 0.319. The molecule has 0 aliphatic rings. The molecular weight excluding hydrogens is 373 g/mol. The maximum Gasteiger partial charge on any atom is 0.0629 e. The minimum absolute atomic E-state index is 0.836. The molecular formula is C19H14ClCuNS. The van der Waals surface area contributed by atoms with Gasteiger partial charge in [-0.2, -0.15) is 4.90 Å². The molecule has 0 aliphatic heterocycles. The van der Waals surface area contributed by atoms with Crippen LogP contribution in [0.4, 0.5) is 5.69 Å². The van der Waals surface area contributed by atoms with Gasteiger partial charge in [0.1, 0.15) is 0 Å². The third-order valence-electron chi connectivity index (χ3n) is 3.24. The summed E-state index contributed by atoms with van der Waals surface area (Å²) in [5.74, 6) is 0. The van der Waals surface area contributed by atoms with Crippen molar-refractivity contribution < 1.29 is 15.1 Å². The molecule has 0 spiro atoms. The summed E-state index contributed by atoms with van der Waals surface area (Å²) in [7, 11) is 4.20. The number of hydrogen-bond donors (Lipinski definition) is 0. The van der Waals surface area contributed by atoms with Crippen LogP contribution in [-0.4, -0.2) is 6.21 Å². The largest absolute Gasteiger partial charge is 0.778 e. The number of hydrogen-bond acceptors (Lipinski definition) is 2. The van der Waals surface area contributed by atoms with E-state index in [1.54, 1.807) is 0 Å². The van der Waals surface area contributed by atoms with Gasteiger partial charge < -0.3 is 12.6 Å². The summed E-state index contributed by atoms with van der Waals surface area (Å²) in [6.45, 7) is 0. The first-order valence-electron chi connectivity index (χ1n) is 6.90. The van der Waals surface area contributed by atoms with E-state index in [4.69, 9.17) is 12.6 Å². The zero-order valence-corrected chi connectivity index (χ0v) is 14.6. The Morgan fingerprint density at radius 2 is 1.39 bits per heavy atom. The maximum atomic E-state index is 5.60. The van der Waals surface area contributed by atoms with Gasteiger partial charge in [0.25, 0.3) is 0 Å². The number of nitrogens with zero attached hydrogens (tertiary/aromatic N) is 1. The number of aliphatic imine (C=N–C) groups is 1. The second-order valence-corrected chi connectivity index (χ2v) is 5.09. The summed E-state index contributed by atoms with van der Waals surface area (Å²) < 4.78 is 0. The topological polar surface area (TPSA) is 12.4 Å². The summed E-state index contributed by atoms with van der Waals surface area (Å²) in [6, 6.07) is 26.1. The van der Waals surface area contributed by atoms with Crippen molar-refractivity contribution in [3.05, 3.63) is 84.4 Å². The monoisotopic (exact) mass is 386 g/mol. The van der Waals surface area contributed by atoms with E-state index in [2.05, 4.69) is 48.4 Å². The van der Waals surface area contributed by atoms with Crippen LogP contribution in [0.1, 0.15) is 5.56 Å². The molecule has 0 bridgehead atoms. The van der Waals surface area contributed by atoms with E-state index in [1.165, 1.54) is 0 Å². The molecule has 1 nitrogen and oxygen atoms in total. The van der Waals surface area contributed by atoms with Gasteiger partial charge in [0.2, 0.25) is 0 Å². The number of benzene rings is 3. The van der Waals surface area contributed by atoms with E-state index in [9.17, 15) is 0 Å². The van der Waals surface area contributed by atoms with Crippen LogP contribution >= 0.6 is 10.1 Å². The van der Waals surface area contributed by atoms with Gasteiger partial charge in [0.05, 0.1) is 5.69 Å². The van der Waals surface area contributed by atoms with Crippen LogP contribution in [0.5, 0.6) is 0 Å². The SMILES string of the molecule is [Cl][Cu+].[S-]c1c(C=Nc2ccccc2)cccc1-c1ccccc1. The number of para-hydroxylation sites is 1. The molecule has 0 amide bonds. The summed E-state index contributed by atoms with van der Waals surface area (Å²) in [5.41, 5.74) is 4.10. The fraction of sp³-hybridized carbons (Fsp3) is 0. The van der Waals surface area contributed by atoms with Crippen LogP contribution in [0.2, 0.25) is 0 Å². The van der Waals surface area contributed by atoms with Crippen molar-refractivity contribution in [3.63, 3.8) is 0 Å². The first kappa shape index (κ1) is 17.7. The molecule has 3 rings (SSSR count). The van der Waals surface area contributed by atoms with Crippen LogP contribution in [0.3, 0.4) is 0 Å². The Morgan fingerprint density at radius 3 is 2.04 bits per heavy atom. The smallest absolute Gasteiger partial charge is 0.0629 e. The first-order valence-corrected chi connectivity index (χ1v) is 8.61. The average Bonchev–Trinajstić information content (AvgIpc) is 2.64. The summed E-state index contributed by atoms with van der Waals surface area (Å²) >= 11 is 9.26. The average molecular weight is 387 g/mol. The Kier molecular flexibility index (Phi) is 7.31. The van der Waals surface area contributed by atoms with Crippen LogP contribution < -0.4 is 0 Å². The minimum atomic E-state index is 0.836. The third-order valence-corrected chi connectivity index (χ3v) is 3.69. The standard InChI is InChI=1S/C19H15NS.ClH.Cu/c21-19-16(14-20-17-11-5-2-6-12-17)10-7-13-18(19)15-8-3-1-4-9-15;;/h1-14,21H;1H;/q;;+2/p-2. The molecule has 0 fully saturated rings. The van der Waals surface area contributed by atoms with Crippen LogP contribution in [0.15, 0.2) is 88.8 Å². The Hall–Kier alpha value is -1.64. The molecule has 0 atom stereocenters. The summed E-state index contributed by atoms with van der Waals surface area (Å²) in [5, 5.41) is 0. The van der Waals surface area contributed by atoms with Crippen LogP contribution in [0, 0.1) is 0 Å². The van der Waals surface area contributed by atoms with Gasteiger partial charge in [-0.05, 0) is 28.8 Å². The van der Waals surface area contributed by atoms with Crippen molar-refractivity contribution in [2.24, 2.45) is 4.99 Å². The fourth-order valence-corrected chi connectivity index (χ4v) is 2.47. The van der Waals surface area contributed by atoms with Crippen LogP contribution in [-0.2, 0) is 27.7 Å². The second kappa shape index (κ2) is 9.49. The van der Waals surface area contributed by atoms with Gasteiger partial charge in [-0.25, -0.2) is 0 Å². The number of halogens is 1. The molecule has 0 radical (unpaired) electrons. The van der Waals surface area contributed by atoms with E-state index >= 15 is 0 Å². The second-order valence-electron chi connectivity index (χ2n) is 4.68. The zero-order chi connectivity index (χ0) is 16.5. The molecule has 0 saturated heterocycles. The molecule has 4 heteroatoms. The zero-order valence-electron chi connectivity index (χ0n) is 12.1. The fourth-order valence-electron chi connectivity index (χ4n) is 2.16. The molecule has 119 valence electrons. The molecule has 0 aliphatic carbocycles. The normalized spacial score (nSPS) is 10.2. The first-order chi connectivity index (χ1) is 11.3. The Labute approximate surface area is 154 Å². The van der Waals surface area contributed by atoms with Gasteiger partial charge in [0.15, 0.2) is 0 Å². The van der Waals surface area contributed by atoms with Crippen molar-refractivity contribution in [2.45, 2.75) is 4.90 Å². The molecule has 0 N–H and O–H groups in total. The summed E-state index contributed by atoms with van der Waals surface area (Å²) in [4.78, 5) is 5.32. The van der Waals surface area contributed by atoms with Gasteiger partial charge in [-0.3, -0.25) is 4.99 Å². The van der Waals surface area contributed by atoms with Crippen molar-refractivity contribution in [2.75, 3.05) is 0 Å². The predicted molar refractivity (Wildman–Crippen MR) is 97.1 cm³/mol. The minimum Gasteiger partial charge on any atom is -0.778 e. The molecule has 0 heterocycles. The van der Waals surface area contributed by atoms with E-state index in [0.29, 0.717) is 0 Å². The van der Waals surface area contributed by atoms with E-state index in [-0.39, 0.29) is 0 Å². The molecule has 0 saturated carbocycles. The Balaban J connectivity index is 0.000000924. The van der Waals surface area contributed by atoms with E-state index in [0.717, 1.165) is 27.3 Å². The Bertz CT molecular complexity index is 761. The van der Waals surface area contributed by atoms with E-state index in [1.807, 2.05) is 66.9 Å². The maximum absolute atomic E-state index is 5.60. The van der Waals surface area contributed by atoms with Gasteiger partial charge in [-0.15, -0.1) is 0 Å². The van der Waals surface area contributed by atoms with Crippen molar-refractivity contribution >= 4 is 34.6 Å². The van der Waals surface area contributed by atoms with Crippen molar-refractivity contribution in [1.82, 2.24) is 0 Å². The van der Waals surface area contributed by atoms with Crippen LogP contribution in [0.25, 0.3) is 11.1 Å². The summed E-state index contributed by atoms with van der Waals surface area (Å²) in [6.07, 6.45) is 1.84. The Morgan fingerprint density at radius 1 is 0.783 bits per heavy atom. The van der Waals surface area contributed by atoms with Gasteiger partial charge in [-0.1, -0.05) is 66.7 Å². The van der Waals surface area contributed by atoms with Gasteiger partial charge >= 0.3 is 25.2 Å². The molecule has 0 unspecified atom stereocenters. The predicted octanol–water partition coefficient (Wildman–Crippen LogP) is 5.70. The molecule has 0 aromatic heterocycles. The van der Waals surface area contributed by atoms with E-state index < -0.39 is 0 Å².